The van der Waals surface area contributed by atoms with E-state index in [-0.39, 0.29) is 31.4 Å². The summed E-state index contributed by atoms with van der Waals surface area (Å²) in [5, 5.41) is 6.17. The van der Waals surface area contributed by atoms with Gasteiger partial charge in [0.1, 0.15) is 11.9 Å². The van der Waals surface area contributed by atoms with Gasteiger partial charge in [0, 0.05) is 37.7 Å². The number of benzene rings is 1. The number of ether oxygens (including phenoxy) is 1. The molecule has 2 aromatic rings. The number of hydrazine groups is 1. The number of cyclic esters (lactones) is 1. The smallest absolute Gasteiger partial charge is 0.414 e. The molecule has 4 rings (SSSR count). The standard InChI is InChI=1S/C22H24F3N7O4/c23-17-11-15(31-13-16(36-22(31)35)12-27-20(33)19(24)25)1-2-18(17)30-8-7-28-32(10-9-30)21(34)29-14-3-5-26-6-4-14/h1-6,11,16,19,28H,7-10,12-13H2,(H,27,33)(H,26,29,34)/t16-/m0/s1. The van der Waals surface area contributed by atoms with E-state index in [2.05, 4.69) is 15.7 Å². The van der Waals surface area contributed by atoms with Crippen molar-refractivity contribution in [2.75, 3.05) is 54.4 Å². The highest BCUT2D eigenvalue weighted by atomic mass is 19.3. The zero-order valence-electron chi connectivity index (χ0n) is 19.0. The highest BCUT2D eigenvalue weighted by Crippen LogP contribution is 2.28. The van der Waals surface area contributed by atoms with E-state index in [1.54, 1.807) is 35.5 Å². The molecule has 14 heteroatoms. The van der Waals surface area contributed by atoms with Crippen LogP contribution < -0.4 is 25.9 Å². The second kappa shape index (κ2) is 11.1. The number of halogens is 3. The Labute approximate surface area is 204 Å². The third kappa shape index (κ3) is 5.94. The molecule has 3 N–H and O–H groups in total. The van der Waals surface area contributed by atoms with Crippen LogP contribution in [0.3, 0.4) is 0 Å². The number of aromatic nitrogens is 1. The van der Waals surface area contributed by atoms with E-state index in [0.717, 1.165) is 0 Å². The van der Waals surface area contributed by atoms with E-state index in [9.17, 15) is 23.2 Å². The van der Waals surface area contributed by atoms with Gasteiger partial charge in [0.05, 0.1) is 31.0 Å². The topological polar surface area (TPSA) is 119 Å². The molecule has 2 aliphatic rings. The molecule has 3 heterocycles. The van der Waals surface area contributed by atoms with Crippen molar-refractivity contribution in [3.8, 4) is 0 Å². The Morgan fingerprint density at radius 1 is 1.17 bits per heavy atom. The van der Waals surface area contributed by atoms with Crippen molar-refractivity contribution in [2.24, 2.45) is 0 Å². The molecule has 1 atom stereocenters. The highest BCUT2D eigenvalue weighted by Gasteiger charge is 2.33. The largest absolute Gasteiger partial charge is 0.442 e. The minimum Gasteiger partial charge on any atom is -0.442 e. The summed E-state index contributed by atoms with van der Waals surface area (Å²) in [6, 6.07) is 7.23. The highest BCUT2D eigenvalue weighted by molar-refractivity contribution is 5.90. The first-order chi connectivity index (χ1) is 17.3. The summed E-state index contributed by atoms with van der Waals surface area (Å²) in [4.78, 5) is 42.6. The van der Waals surface area contributed by atoms with E-state index in [4.69, 9.17) is 4.74 Å². The number of rotatable bonds is 6. The molecule has 2 aliphatic heterocycles. The number of hydrogen-bond acceptors (Lipinski definition) is 7. The van der Waals surface area contributed by atoms with Crippen LogP contribution in [0.25, 0.3) is 0 Å². The molecule has 2 saturated heterocycles. The minimum atomic E-state index is -3.17. The Balaban J connectivity index is 1.35. The maximum atomic E-state index is 15.1. The fourth-order valence-corrected chi connectivity index (χ4v) is 3.82. The number of hydrogen-bond donors (Lipinski definition) is 3. The zero-order chi connectivity index (χ0) is 25.7. The van der Waals surface area contributed by atoms with Crippen LogP contribution in [-0.2, 0) is 9.53 Å². The summed E-state index contributed by atoms with van der Waals surface area (Å²) in [6.45, 7) is 1.13. The molecular formula is C22H24F3N7O4. The lowest BCUT2D eigenvalue weighted by atomic mass is 10.2. The molecule has 0 bridgehead atoms. The van der Waals surface area contributed by atoms with E-state index in [0.29, 0.717) is 31.0 Å². The fourth-order valence-electron chi connectivity index (χ4n) is 3.82. The van der Waals surface area contributed by atoms with Crippen LogP contribution in [0.1, 0.15) is 0 Å². The maximum Gasteiger partial charge on any atom is 0.414 e. The third-order valence-electron chi connectivity index (χ3n) is 5.61. The van der Waals surface area contributed by atoms with Crippen LogP contribution in [0.4, 0.5) is 39.8 Å². The molecule has 36 heavy (non-hydrogen) atoms. The summed E-state index contributed by atoms with van der Waals surface area (Å²) >= 11 is 0. The number of urea groups is 1. The van der Waals surface area contributed by atoms with Crippen LogP contribution in [0.15, 0.2) is 42.7 Å². The van der Waals surface area contributed by atoms with Crippen molar-refractivity contribution in [1.82, 2.24) is 20.7 Å². The number of nitrogens with one attached hydrogen (secondary N) is 3. The van der Waals surface area contributed by atoms with Gasteiger partial charge in [-0.1, -0.05) is 0 Å². The Morgan fingerprint density at radius 3 is 2.67 bits per heavy atom. The van der Waals surface area contributed by atoms with E-state index in [1.165, 1.54) is 22.0 Å². The summed E-state index contributed by atoms with van der Waals surface area (Å²) < 4.78 is 44.8. The number of carbonyl (C=O) groups excluding carboxylic acids is 3. The number of anilines is 3. The molecule has 0 aliphatic carbocycles. The summed E-state index contributed by atoms with van der Waals surface area (Å²) in [5.74, 6) is -2.04. The van der Waals surface area contributed by atoms with Gasteiger partial charge in [-0.2, -0.15) is 8.78 Å². The molecule has 1 aromatic heterocycles. The van der Waals surface area contributed by atoms with Crippen molar-refractivity contribution < 1.29 is 32.3 Å². The predicted molar refractivity (Wildman–Crippen MR) is 123 cm³/mol. The van der Waals surface area contributed by atoms with Crippen LogP contribution in [-0.4, -0.2) is 79.8 Å². The molecule has 192 valence electrons. The molecule has 11 nitrogen and oxygen atoms in total. The first-order valence-corrected chi connectivity index (χ1v) is 11.1. The van der Waals surface area contributed by atoms with Crippen LogP contribution >= 0.6 is 0 Å². The Kier molecular flexibility index (Phi) is 7.73. The zero-order valence-corrected chi connectivity index (χ0v) is 19.0. The average Bonchev–Trinajstić information content (AvgIpc) is 3.07. The van der Waals surface area contributed by atoms with Gasteiger partial charge in [0.25, 0.3) is 5.91 Å². The lowest BCUT2D eigenvalue weighted by Crippen LogP contribution is -2.46. The van der Waals surface area contributed by atoms with E-state index >= 15 is 4.39 Å². The molecule has 4 amide bonds. The van der Waals surface area contributed by atoms with Crippen LogP contribution in [0, 0.1) is 5.82 Å². The first-order valence-electron chi connectivity index (χ1n) is 11.1. The SMILES string of the molecule is O=C(NC[C@H]1CN(c2ccc(N3CCNN(C(=O)Nc4ccncc4)CC3)c(F)c2)C(=O)O1)C(F)F. The summed E-state index contributed by atoms with van der Waals surface area (Å²) in [6.07, 6.45) is -1.66. The average molecular weight is 507 g/mol. The molecule has 2 fully saturated rings. The van der Waals surface area contributed by atoms with Crippen molar-refractivity contribution in [1.29, 1.82) is 0 Å². The molecule has 0 unspecified atom stereocenters. The number of pyridine rings is 1. The first kappa shape index (κ1) is 25.0. The Morgan fingerprint density at radius 2 is 1.94 bits per heavy atom. The molecule has 1 aromatic carbocycles. The minimum absolute atomic E-state index is 0.0314. The number of nitrogens with zero attached hydrogens (tertiary/aromatic N) is 4. The van der Waals surface area contributed by atoms with Gasteiger partial charge in [-0.3, -0.25) is 19.7 Å². The van der Waals surface area contributed by atoms with Gasteiger partial charge in [-0.25, -0.2) is 19.4 Å². The van der Waals surface area contributed by atoms with Crippen LogP contribution in [0.5, 0.6) is 0 Å². The maximum absolute atomic E-state index is 15.1. The molecule has 0 spiro atoms. The van der Waals surface area contributed by atoms with E-state index in [1.807, 2.05) is 5.32 Å². The number of amides is 4. The summed E-state index contributed by atoms with van der Waals surface area (Å²) in [5.41, 5.74) is 4.13. The molecule has 0 radical (unpaired) electrons. The van der Waals surface area contributed by atoms with Crippen molar-refractivity contribution in [2.45, 2.75) is 12.5 Å². The third-order valence-corrected chi connectivity index (χ3v) is 5.61. The van der Waals surface area contributed by atoms with Gasteiger partial charge in [-0.15, -0.1) is 0 Å². The van der Waals surface area contributed by atoms with Crippen molar-refractivity contribution in [3.05, 3.63) is 48.5 Å². The monoisotopic (exact) mass is 507 g/mol. The summed E-state index contributed by atoms with van der Waals surface area (Å²) in [7, 11) is 0. The van der Waals surface area contributed by atoms with Gasteiger partial charge in [0.15, 0.2) is 0 Å². The number of alkyl halides is 2. The second-order valence-electron chi connectivity index (χ2n) is 8.01. The molecular weight excluding hydrogens is 483 g/mol. The second-order valence-corrected chi connectivity index (χ2v) is 8.01. The van der Waals surface area contributed by atoms with Gasteiger partial charge < -0.3 is 20.3 Å². The van der Waals surface area contributed by atoms with Crippen molar-refractivity contribution >= 4 is 35.1 Å². The predicted octanol–water partition coefficient (Wildman–Crippen LogP) is 1.79. The molecule has 0 saturated carbocycles. The quantitative estimate of drug-likeness (QED) is 0.546. The fraction of sp³-hybridized carbons (Fsp3) is 0.364. The van der Waals surface area contributed by atoms with Crippen LogP contribution in [0.2, 0.25) is 0 Å². The lowest BCUT2D eigenvalue weighted by Gasteiger charge is -2.24. The van der Waals surface area contributed by atoms with Gasteiger partial charge in [0.2, 0.25) is 0 Å². The normalized spacial score (nSPS) is 18.2. The van der Waals surface area contributed by atoms with E-state index < -0.39 is 30.3 Å². The van der Waals surface area contributed by atoms with Gasteiger partial charge >= 0.3 is 18.5 Å². The lowest BCUT2D eigenvalue weighted by molar-refractivity contribution is -0.132. The van der Waals surface area contributed by atoms with Crippen molar-refractivity contribution in [3.63, 3.8) is 0 Å². The number of carbonyl (C=O) groups is 3. The Hall–Kier alpha value is -4.07. The van der Waals surface area contributed by atoms with Gasteiger partial charge in [-0.05, 0) is 30.3 Å². The Bertz CT molecular complexity index is 1110.